The molecule has 6 heteroatoms. The Morgan fingerprint density at radius 1 is 1.36 bits per heavy atom. The third-order valence-corrected chi connectivity index (χ3v) is 2.31. The van der Waals surface area contributed by atoms with Gasteiger partial charge >= 0.3 is 0 Å². The zero-order valence-electron chi connectivity index (χ0n) is 8.19. The summed E-state index contributed by atoms with van der Waals surface area (Å²) in [5.74, 6) is 0.236. The van der Waals surface area contributed by atoms with Gasteiger partial charge in [0.1, 0.15) is 11.6 Å². The standard InChI is InChI=1S/C8H13N3O2S/c1-9-3-7-4-10-8(11-5-7)6-14(2,12)13/h4-5,9H,3,6H2,1-2H3. The largest absolute Gasteiger partial charge is 0.316 e. The van der Waals surface area contributed by atoms with Crippen LogP contribution in [0.15, 0.2) is 12.4 Å². The van der Waals surface area contributed by atoms with E-state index in [1.54, 1.807) is 12.4 Å². The summed E-state index contributed by atoms with van der Waals surface area (Å²) in [6, 6.07) is 0. The molecule has 0 spiro atoms. The van der Waals surface area contributed by atoms with Crippen molar-refractivity contribution in [1.29, 1.82) is 0 Å². The molecule has 0 bridgehead atoms. The molecule has 0 aliphatic carbocycles. The van der Waals surface area contributed by atoms with E-state index in [4.69, 9.17) is 0 Å². The summed E-state index contributed by atoms with van der Waals surface area (Å²) < 4.78 is 21.8. The van der Waals surface area contributed by atoms with E-state index in [0.717, 1.165) is 11.8 Å². The zero-order chi connectivity index (χ0) is 10.6. The summed E-state index contributed by atoms with van der Waals surface area (Å²) in [5, 5.41) is 2.95. The minimum atomic E-state index is -3.04. The SMILES string of the molecule is CNCc1cnc(CS(C)(=O)=O)nc1. The highest BCUT2D eigenvalue weighted by Crippen LogP contribution is 1.99. The predicted octanol–water partition coefficient (Wildman–Crippen LogP) is -0.259. The van der Waals surface area contributed by atoms with E-state index in [2.05, 4.69) is 15.3 Å². The van der Waals surface area contributed by atoms with Gasteiger partial charge in [0.2, 0.25) is 0 Å². The summed E-state index contributed by atoms with van der Waals surface area (Å²) in [7, 11) is -1.22. The molecule has 0 saturated carbocycles. The van der Waals surface area contributed by atoms with E-state index in [1.165, 1.54) is 0 Å². The number of hydrogen-bond acceptors (Lipinski definition) is 5. The average Bonchev–Trinajstić information content (AvgIpc) is 2.06. The molecule has 1 rings (SSSR count). The molecule has 5 nitrogen and oxygen atoms in total. The number of hydrogen-bond donors (Lipinski definition) is 1. The molecule has 1 N–H and O–H groups in total. The summed E-state index contributed by atoms with van der Waals surface area (Å²) in [6.45, 7) is 0.680. The van der Waals surface area contributed by atoms with Crippen LogP contribution in [0.1, 0.15) is 11.4 Å². The van der Waals surface area contributed by atoms with Gasteiger partial charge in [-0.2, -0.15) is 0 Å². The second-order valence-corrected chi connectivity index (χ2v) is 5.25. The Labute approximate surface area is 83.5 Å². The van der Waals surface area contributed by atoms with E-state index in [0.29, 0.717) is 12.4 Å². The van der Waals surface area contributed by atoms with Crippen LogP contribution in [0.25, 0.3) is 0 Å². The van der Waals surface area contributed by atoms with Crippen molar-refractivity contribution >= 4 is 9.84 Å². The van der Waals surface area contributed by atoms with Crippen molar-refractivity contribution in [3.63, 3.8) is 0 Å². The van der Waals surface area contributed by atoms with Crippen molar-refractivity contribution in [3.8, 4) is 0 Å². The van der Waals surface area contributed by atoms with Gasteiger partial charge in [0.05, 0.1) is 0 Å². The van der Waals surface area contributed by atoms with Gasteiger partial charge in [0, 0.05) is 30.8 Å². The quantitative estimate of drug-likeness (QED) is 0.749. The van der Waals surface area contributed by atoms with Gasteiger partial charge in [-0.05, 0) is 7.05 Å². The normalized spacial score (nSPS) is 11.6. The minimum Gasteiger partial charge on any atom is -0.316 e. The Kier molecular flexibility index (Phi) is 3.54. The van der Waals surface area contributed by atoms with Crippen molar-refractivity contribution in [3.05, 3.63) is 23.8 Å². The summed E-state index contributed by atoms with van der Waals surface area (Å²) in [5.41, 5.74) is 0.935. The molecule has 0 aromatic carbocycles. The fraction of sp³-hybridized carbons (Fsp3) is 0.500. The Morgan fingerprint density at radius 3 is 2.36 bits per heavy atom. The van der Waals surface area contributed by atoms with Crippen LogP contribution in [0, 0.1) is 0 Å². The zero-order valence-corrected chi connectivity index (χ0v) is 9.00. The monoisotopic (exact) mass is 215 g/mol. The maximum absolute atomic E-state index is 10.9. The molecule has 0 radical (unpaired) electrons. The first kappa shape index (κ1) is 11.1. The van der Waals surface area contributed by atoms with Crippen molar-refractivity contribution in [1.82, 2.24) is 15.3 Å². The lowest BCUT2D eigenvalue weighted by Crippen LogP contribution is -2.09. The van der Waals surface area contributed by atoms with E-state index >= 15 is 0 Å². The molecule has 0 amide bonds. The van der Waals surface area contributed by atoms with E-state index < -0.39 is 9.84 Å². The van der Waals surface area contributed by atoms with Crippen molar-refractivity contribution < 1.29 is 8.42 Å². The molecule has 1 heterocycles. The molecular weight excluding hydrogens is 202 g/mol. The first-order valence-electron chi connectivity index (χ1n) is 4.13. The molecule has 1 aromatic rings. The van der Waals surface area contributed by atoms with Gasteiger partial charge in [-0.1, -0.05) is 0 Å². The van der Waals surface area contributed by atoms with Gasteiger partial charge in [-0.25, -0.2) is 18.4 Å². The van der Waals surface area contributed by atoms with E-state index in [1.807, 2.05) is 7.05 Å². The molecule has 14 heavy (non-hydrogen) atoms. The maximum Gasteiger partial charge on any atom is 0.154 e. The Hall–Kier alpha value is -1.01. The van der Waals surface area contributed by atoms with Crippen LogP contribution in [-0.2, 0) is 22.1 Å². The molecule has 0 fully saturated rings. The number of rotatable bonds is 4. The summed E-state index contributed by atoms with van der Waals surface area (Å²) >= 11 is 0. The molecule has 0 aliphatic heterocycles. The Morgan fingerprint density at radius 2 is 1.93 bits per heavy atom. The maximum atomic E-state index is 10.9. The second-order valence-electron chi connectivity index (χ2n) is 3.11. The average molecular weight is 215 g/mol. The second kappa shape index (κ2) is 4.47. The molecule has 78 valence electrons. The lowest BCUT2D eigenvalue weighted by molar-refractivity contribution is 0.599. The van der Waals surface area contributed by atoms with Gasteiger partial charge in [-0.15, -0.1) is 0 Å². The first-order valence-corrected chi connectivity index (χ1v) is 6.19. The predicted molar refractivity (Wildman–Crippen MR) is 53.3 cm³/mol. The number of nitrogens with zero attached hydrogens (tertiary/aromatic N) is 2. The lowest BCUT2D eigenvalue weighted by atomic mass is 10.3. The molecule has 1 aromatic heterocycles. The van der Waals surface area contributed by atoms with Crippen LogP contribution in [0.3, 0.4) is 0 Å². The summed E-state index contributed by atoms with van der Waals surface area (Å²) in [6.07, 6.45) is 4.42. The molecule has 0 aliphatic rings. The van der Waals surface area contributed by atoms with Crippen LogP contribution in [0.5, 0.6) is 0 Å². The fourth-order valence-electron chi connectivity index (χ4n) is 0.986. The van der Waals surface area contributed by atoms with Crippen LogP contribution in [-0.4, -0.2) is 31.7 Å². The van der Waals surface area contributed by atoms with E-state index in [9.17, 15) is 8.42 Å². The van der Waals surface area contributed by atoms with Crippen LogP contribution < -0.4 is 5.32 Å². The van der Waals surface area contributed by atoms with Crippen molar-refractivity contribution in [2.24, 2.45) is 0 Å². The summed E-state index contributed by atoms with van der Waals surface area (Å²) in [4.78, 5) is 7.90. The highest BCUT2D eigenvalue weighted by Gasteiger charge is 2.06. The van der Waals surface area contributed by atoms with Crippen LogP contribution in [0.4, 0.5) is 0 Å². The number of nitrogens with one attached hydrogen (secondary N) is 1. The topological polar surface area (TPSA) is 72.0 Å². The van der Waals surface area contributed by atoms with Gasteiger partial charge in [0.15, 0.2) is 9.84 Å². The van der Waals surface area contributed by atoms with Gasteiger partial charge < -0.3 is 5.32 Å². The highest BCUT2D eigenvalue weighted by molar-refractivity contribution is 7.89. The molecular formula is C8H13N3O2S. The number of sulfone groups is 1. The van der Waals surface area contributed by atoms with Crippen LogP contribution >= 0.6 is 0 Å². The van der Waals surface area contributed by atoms with Crippen LogP contribution in [0.2, 0.25) is 0 Å². The smallest absolute Gasteiger partial charge is 0.154 e. The third kappa shape index (κ3) is 3.80. The van der Waals surface area contributed by atoms with Gasteiger partial charge in [-0.3, -0.25) is 0 Å². The Balaban J connectivity index is 2.74. The fourth-order valence-corrected chi connectivity index (χ4v) is 1.60. The first-order chi connectivity index (χ1) is 6.51. The van der Waals surface area contributed by atoms with Crippen molar-refractivity contribution in [2.45, 2.75) is 12.3 Å². The molecule has 0 saturated heterocycles. The third-order valence-electron chi connectivity index (χ3n) is 1.53. The van der Waals surface area contributed by atoms with E-state index in [-0.39, 0.29) is 5.75 Å². The lowest BCUT2D eigenvalue weighted by Gasteiger charge is -2.00. The van der Waals surface area contributed by atoms with Crippen molar-refractivity contribution in [2.75, 3.05) is 13.3 Å². The minimum absolute atomic E-state index is 0.104. The Bertz CT molecular complexity index is 386. The molecule has 0 unspecified atom stereocenters. The highest BCUT2D eigenvalue weighted by atomic mass is 32.2. The number of aromatic nitrogens is 2. The molecule has 0 atom stereocenters. The van der Waals surface area contributed by atoms with Gasteiger partial charge in [0.25, 0.3) is 0 Å².